The molecule has 1 heterocycles. The Morgan fingerprint density at radius 2 is 2.36 bits per heavy atom. The van der Waals surface area contributed by atoms with E-state index in [1.54, 1.807) is 0 Å². The number of nitrogens with one attached hydrogen (secondary N) is 2. The number of hydrogen-bond donors (Lipinski definition) is 2. The summed E-state index contributed by atoms with van der Waals surface area (Å²) >= 11 is 3.01. The maximum Gasteiger partial charge on any atom is 0.280 e. The Kier molecular flexibility index (Phi) is 3.99. The fourth-order valence-corrected chi connectivity index (χ4v) is 1.15. The topological polar surface area (TPSA) is 57.8 Å². The first-order valence-corrected chi connectivity index (χ1v) is 4.65. The molecule has 0 aliphatic rings. The van der Waals surface area contributed by atoms with Crippen LogP contribution in [0.4, 0.5) is 14.5 Å². The van der Waals surface area contributed by atoms with E-state index in [-0.39, 0.29) is 17.4 Å². The molecule has 0 atom stereocenters. The van der Waals surface area contributed by atoms with E-state index < -0.39 is 12.0 Å². The maximum absolute atomic E-state index is 11.8. The molecular weight excluding hydrogens is 260 g/mol. The minimum absolute atomic E-state index is 0.0986. The first-order valence-electron chi connectivity index (χ1n) is 3.86. The molecule has 1 rings (SSSR count). The molecule has 0 amide bonds. The van der Waals surface area contributed by atoms with E-state index in [0.29, 0.717) is 5.69 Å². The molecule has 0 radical (unpaired) electrons. The number of alkyl halides is 2. The first-order chi connectivity index (χ1) is 6.61. The highest BCUT2D eigenvalue weighted by atomic mass is 79.9. The van der Waals surface area contributed by atoms with E-state index >= 15 is 0 Å². The smallest absolute Gasteiger partial charge is 0.280 e. The molecule has 0 fully saturated rings. The summed E-state index contributed by atoms with van der Waals surface area (Å²) in [6, 6.07) is 0. The monoisotopic (exact) mass is 267 g/mol. The van der Waals surface area contributed by atoms with Crippen molar-refractivity contribution >= 4 is 21.6 Å². The van der Waals surface area contributed by atoms with Gasteiger partial charge in [0.1, 0.15) is 4.47 Å². The fourth-order valence-electron chi connectivity index (χ4n) is 0.823. The molecule has 78 valence electrons. The van der Waals surface area contributed by atoms with Crippen molar-refractivity contribution in [3.8, 4) is 0 Å². The maximum atomic E-state index is 11.8. The average Bonchev–Trinajstić information content (AvgIpc) is 2.12. The fraction of sp³-hybridized carbons (Fsp3) is 0.429. The van der Waals surface area contributed by atoms with Crippen LogP contribution in [0.2, 0.25) is 0 Å². The molecule has 0 spiro atoms. The second-order valence-electron chi connectivity index (χ2n) is 2.53. The molecule has 0 aliphatic carbocycles. The molecule has 0 aliphatic heterocycles. The zero-order valence-electron chi connectivity index (χ0n) is 7.06. The van der Waals surface area contributed by atoms with Crippen LogP contribution in [0.5, 0.6) is 0 Å². The van der Waals surface area contributed by atoms with Crippen molar-refractivity contribution in [2.45, 2.75) is 12.8 Å². The van der Waals surface area contributed by atoms with E-state index in [0.717, 1.165) is 0 Å². The van der Waals surface area contributed by atoms with Gasteiger partial charge in [0.05, 0.1) is 11.9 Å². The van der Waals surface area contributed by atoms with E-state index in [9.17, 15) is 13.6 Å². The second kappa shape index (κ2) is 5.04. The average molecular weight is 268 g/mol. The molecule has 0 aromatic carbocycles. The Morgan fingerprint density at radius 1 is 1.64 bits per heavy atom. The van der Waals surface area contributed by atoms with E-state index in [1.165, 1.54) is 6.20 Å². The molecule has 7 heteroatoms. The molecule has 0 unspecified atom stereocenters. The summed E-state index contributed by atoms with van der Waals surface area (Å²) in [6.07, 6.45) is -1.26. The van der Waals surface area contributed by atoms with Crippen LogP contribution in [0, 0.1) is 0 Å². The first kappa shape index (κ1) is 11.1. The van der Waals surface area contributed by atoms with Gasteiger partial charge in [-0.3, -0.25) is 4.79 Å². The molecule has 4 nitrogen and oxygen atoms in total. The van der Waals surface area contributed by atoms with Gasteiger partial charge in [-0.05, 0) is 15.9 Å². The van der Waals surface area contributed by atoms with Crippen LogP contribution in [0.25, 0.3) is 0 Å². The number of halogens is 3. The number of H-pyrrole nitrogens is 1. The van der Waals surface area contributed by atoms with Crippen molar-refractivity contribution in [2.75, 3.05) is 11.9 Å². The van der Waals surface area contributed by atoms with Crippen molar-refractivity contribution in [1.82, 2.24) is 10.2 Å². The van der Waals surface area contributed by atoms with Crippen molar-refractivity contribution < 1.29 is 8.78 Å². The van der Waals surface area contributed by atoms with Crippen LogP contribution in [-0.4, -0.2) is 23.2 Å². The highest BCUT2D eigenvalue weighted by Crippen LogP contribution is 2.15. The van der Waals surface area contributed by atoms with Gasteiger partial charge in [-0.25, -0.2) is 13.9 Å². The number of hydrogen-bond acceptors (Lipinski definition) is 3. The van der Waals surface area contributed by atoms with Crippen molar-refractivity contribution in [2.24, 2.45) is 0 Å². The van der Waals surface area contributed by atoms with Gasteiger partial charge < -0.3 is 5.32 Å². The van der Waals surface area contributed by atoms with Gasteiger partial charge in [0, 0.05) is 13.0 Å². The molecule has 0 saturated heterocycles. The molecule has 0 saturated carbocycles. The summed E-state index contributed by atoms with van der Waals surface area (Å²) < 4.78 is 23.8. The van der Waals surface area contributed by atoms with Crippen LogP contribution in [0.1, 0.15) is 6.42 Å². The Labute approximate surface area is 86.8 Å². The van der Waals surface area contributed by atoms with Crippen LogP contribution < -0.4 is 10.9 Å². The molecule has 1 aromatic heterocycles. The highest BCUT2D eigenvalue weighted by molar-refractivity contribution is 9.10. The SMILES string of the molecule is O=c1[nH]ncc(NCCC(F)F)c1Br. The Balaban J connectivity index is 2.59. The zero-order chi connectivity index (χ0) is 10.6. The van der Waals surface area contributed by atoms with Crippen LogP contribution in [-0.2, 0) is 0 Å². The Bertz CT molecular complexity index is 355. The molecular formula is C7H8BrF2N3O. The Hall–Kier alpha value is -0.980. The van der Waals surface area contributed by atoms with Crippen molar-refractivity contribution in [3.05, 3.63) is 21.0 Å². The molecule has 14 heavy (non-hydrogen) atoms. The lowest BCUT2D eigenvalue weighted by Crippen LogP contribution is -2.13. The van der Waals surface area contributed by atoms with Gasteiger partial charge >= 0.3 is 0 Å². The molecule has 1 aromatic rings. The van der Waals surface area contributed by atoms with Gasteiger partial charge in [-0.2, -0.15) is 5.10 Å². The van der Waals surface area contributed by atoms with Gasteiger partial charge in [-0.1, -0.05) is 0 Å². The van der Waals surface area contributed by atoms with E-state index in [1.807, 2.05) is 0 Å². The van der Waals surface area contributed by atoms with E-state index in [2.05, 4.69) is 31.4 Å². The summed E-state index contributed by atoms with van der Waals surface area (Å²) in [5, 5.41) is 8.40. The third kappa shape index (κ3) is 3.06. The summed E-state index contributed by atoms with van der Waals surface area (Å²) in [6.45, 7) is 0.0986. The largest absolute Gasteiger partial charge is 0.382 e. The summed E-state index contributed by atoms with van der Waals surface area (Å²) in [5.41, 5.74) is 0.0152. The minimum atomic E-state index is -2.35. The minimum Gasteiger partial charge on any atom is -0.382 e. The summed E-state index contributed by atoms with van der Waals surface area (Å²) in [5.74, 6) is 0. The van der Waals surface area contributed by atoms with Crippen LogP contribution in [0.3, 0.4) is 0 Å². The highest BCUT2D eigenvalue weighted by Gasteiger charge is 2.05. The number of aromatic nitrogens is 2. The van der Waals surface area contributed by atoms with Gasteiger partial charge in [0.25, 0.3) is 5.56 Å². The molecule has 0 bridgehead atoms. The zero-order valence-corrected chi connectivity index (χ0v) is 8.64. The summed E-state index contributed by atoms with van der Waals surface area (Å²) in [7, 11) is 0. The lowest BCUT2D eigenvalue weighted by atomic mass is 10.4. The third-order valence-corrected chi connectivity index (χ3v) is 2.26. The number of anilines is 1. The molecule has 2 N–H and O–H groups in total. The van der Waals surface area contributed by atoms with Crippen LogP contribution >= 0.6 is 15.9 Å². The van der Waals surface area contributed by atoms with Crippen molar-refractivity contribution in [1.29, 1.82) is 0 Å². The predicted octanol–water partition coefficient (Wildman–Crippen LogP) is 1.60. The van der Waals surface area contributed by atoms with Gasteiger partial charge in [0.2, 0.25) is 6.43 Å². The quantitative estimate of drug-likeness (QED) is 0.872. The summed E-state index contributed by atoms with van der Waals surface area (Å²) in [4.78, 5) is 11.0. The van der Waals surface area contributed by atoms with Crippen molar-refractivity contribution in [3.63, 3.8) is 0 Å². The van der Waals surface area contributed by atoms with Crippen LogP contribution in [0.15, 0.2) is 15.5 Å². The number of nitrogens with zero attached hydrogens (tertiary/aromatic N) is 1. The van der Waals surface area contributed by atoms with E-state index in [4.69, 9.17) is 0 Å². The lowest BCUT2D eigenvalue weighted by Gasteiger charge is -2.05. The normalized spacial score (nSPS) is 10.6. The van der Waals surface area contributed by atoms with Gasteiger partial charge in [-0.15, -0.1) is 0 Å². The lowest BCUT2D eigenvalue weighted by molar-refractivity contribution is 0.142. The number of rotatable bonds is 4. The second-order valence-corrected chi connectivity index (χ2v) is 3.33. The third-order valence-electron chi connectivity index (χ3n) is 1.47. The Morgan fingerprint density at radius 3 is 3.00 bits per heavy atom. The predicted molar refractivity (Wildman–Crippen MR) is 51.7 cm³/mol. The van der Waals surface area contributed by atoms with Gasteiger partial charge in [0.15, 0.2) is 0 Å². The number of aromatic amines is 1. The standard InChI is InChI=1S/C7H8BrF2N3O/c8-6-4(3-12-13-7(6)14)11-2-1-5(9)10/h3,5H,1-2H2,(H2,11,13,14).